The smallest absolute Gasteiger partial charge is 0.228 e. The van der Waals surface area contributed by atoms with E-state index in [-0.39, 0.29) is 11.8 Å². The average Bonchev–Trinajstić information content (AvgIpc) is 1.88. The fraction of sp³-hybridized carbons (Fsp3) is 0.400. The molecule has 0 aliphatic carbocycles. The molecule has 0 heterocycles. The van der Waals surface area contributed by atoms with E-state index in [1.165, 1.54) is 6.21 Å². The van der Waals surface area contributed by atoms with E-state index in [2.05, 4.69) is 9.98 Å². The summed E-state index contributed by atoms with van der Waals surface area (Å²) in [5, 5.41) is 8.24. The zero-order valence-electron chi connectivity index (χ0n) is 5.00. The Morgan fingerprint density at radius 2 is 2.56 bits per heavy atom. The van der Waals surface area contributed by atoms with Gasteiger partial charge in [-0.2, -0.15) is 5.26 Å². The van der Waals surface area contributed by atoms with Gasteiger partial charge in [0.2, 0.25) is 5.84 Å². The first-order chi connectivity index (χ1) is 4.35. The third-order valence-corrected chi connectivity index (χ3v) is 0.680. The topological polar surface area (TPSA) is 48.5 Å². The summed E-state index contributed by atoms with van der Waals surface area (Å²) in [5.74, 6) is 0.118. The molecule has 0 rings (SSSR count). The standard InChI is InChI=1S/C5H6ClN3/c1-2-8-5(3-7)9-4-6/h2H,4H2,1H3. The number of nitriles is 1. The predicted molar refractivity (Wildman–Crippen MR) is 37.9 cm³/mol. The van der Waals surface area contributed by atoms with E-state index < -0.39 is 0 Å². The highest BCUT2D eigenvalue weighted by Gasteiger charge is 1.86. The number of aliphatic imine (C=N–C) groups is 2. The van der Waals surface area contributed by atoms with Crippen LogP contribution in [0, 0.1) is 11.3 Å². The van der Waals surface area contributed by atoms with Gasteiger partial charge in [0.05, 0.1) is 0 Å². The van der Waals surface area contributed by atoms with Gasteiger partial charge in [0, 0.05) is 6.21 Å². The van der Waals surface area contributed by atoms with Crippen molar-refractivity contribution in [1.82, 2.24) is 0 Å². The summed E-state index contributed by atoms with van der Waals surface area (Å²) in [6, 6.07) is 1.86. The normalized spacial score (nSPS) is 11.9. The summed E-state index contributed by atoms with van der Waals surface area (Å²) in [4.78, 5) is 7.17. The van der Waals surface area contributed by atoms with E-state index in [1.54, 1.807) is 13.0 Å². The molecule has 0 aromatic carbocycles. The van der Waals surface area contributed by atoms with Crippen LogP contribution >= 0.6 is 11.6 Å². The Morgan fingerprint density at radius 3 is 2.89 bits per heavy atom. The molecule has 0 bridgehead atoms. The molecule has 0 amide bonds. The van der Waals surface area contributed by atoms with Crippen LogP contribution in [0.15, 0.2) is 9.98 Å². The van der Waals surface area contributed by atoms with Crippen molar-refractivity contribution in [2.24, 2.45) is 9.98 Å². The second kappa shape index (κ2) is 5.26. The molecule has 0 saturated carbocycles. The largest absolute Gasteiger partial charge is 0.241 e. The molecular formula is C5H6ClN3. The average molecular weight is 144 g/mol. The fourth-order valence-electron chi connectivity index (χ4n) is 0.284. The molecule has 0 N–H and O–H groups in total. The van der Waals surface area contributed by atoms with Gasteiger partial charge >= 0.3 is 0 Å². The molecule has 0 aliphatic heterocycles. The van der Waals surface area contributed by atoms with E-state index in [1.807, 2.05) is 0 Å². The Balaban J connectivity index is 4.02. The molecule has 3 nitrogen and oxygen atoms in total. The van der Waals surface area contributed by atoms with Gasteiger partial charge in [0.25, 0.3) is 0 Å². The molecule has 48 valence electrons. The van der Waals surface area contributed by atoms with E-state index >= 15 is 0 Å². The number of rotatable bonds is 1. The predicted octanol–water partition coefficient (Wildman–Crippen LogP) is 1.20. The summed E-state index contributed by atoms with van der Waals surface area (Å²) in [6.07, 6.45) is 1.49. The number of amidine groups is 1. The lowest BCUT2D eigenvalue weighted by atomic mass is 10.6. The Hall–Kier alpha value is -0.880. The fourth-order valence-corrected chi connectivity index (χ4v) is 0.397. The van der Waals surface area contributed by atoms with Crippen LogP contribution in [0.25, 0.3) is 0 Å². The second-order valence-corrected chi connectivity index (χ2v) is 1.34. The molecule has 0 fully saturated rings. The minimum atomic E-state index is 0.0836. The van der Waals surface area contributed by atoms with Crippen LogP contribution in [0.3, 0.4) is 0 Å². The highest BCUT2D eigenvalue weighted by molar-refractivity contribution is 6.18. The van der Waals surface area contributed by atoms with Crippen LogP contribution in [-0.2, 0) is 0 Å². The van der Waals surface area contributed by atoms with Crippen LogP contribution in [0.4, 0.5) is 0 Å². The summed E-state index contributed by atoms with van der Waals surface area (Å²) in [5.41, 5.74) is 0. The second-order valence-electron chi connectivity index (χ2n) is 1.10. The first-order valence-corrected chi connectivity index (χ1v) is 2.87. The number of alkyl halides is 1. The Kier molecular flexibility index (Phi) is 4.75. The van der Waals surface area contributed by atoms with E-state index in [9.17, 15) is 0 Å². The lowest BCUT2D eigenvalue weighted by Crippen LogP contribution is -1.88. The number of hydrogen-bond acceptors (Lipinski definition) is 2. The van der Waals surface area contributed by atoms with E-state index in [0.29, 0.717) is 0 Å². The molecule has 4 heteroatoms. The summed E-state index contributed by atoms with van der Waals surface area (Å²) in [7, 11) is 0. The Labute approximate surface area is 58.7 Å². The minimum Gasteiger partial charge on any atom is -0.241 e. The third kappa shape index (κ3) is 3.68. The maximum atomic E-state index is 8.24. The maximum Gasteiger partial charge on any atom is 0.228 e. The number of halogens is 1. The van der Waals surface area contributed by atoms with E-state index in [0.717, 1.165) is 0 Å². The maximum absolute atomic E-state index is 8.24. The monoisotopic (exact) mass is 143 g/mol. The van der Waals surface area contributed by atoms with Gasteiger partial charge in [-0.1, -0.05) is 0 Å². The van der Waals surface area contributed by atoms with Gasteiger partial charge in [-0.05, 0) is 6.92 Å². The molecule has 0 atom stereocenters. The van der Waals surface area contributed by atoms with Crippen molar-refractivity contribution in [3.05, 3.63) is 0 Å². The van der Waals surface area contributed by atoms with Crippen molar-refractivity contribution in [2.45, 2.75) is 6.92 Å². The first-order valence-electron chi connectivity index (χ1n) is 2.34. The van der Waals surface area contributed by atoms with Gasteiger partial charge in [0.15, 0.2) is 0 Å². The summed E-state index contributed by atoms with van der Waals surface area (Å²) < 4.78 is 0. The van der Waals surface area contributed by atoms with Crippen LogP contribution in [0.1, 0.15) is 6.92 Å². The van der Waals surface area contributed by atoms with Crippen LogP contribution < -0.4 is 0 Å². The van der Waals surface area contributed by atoms with Crippen LogP contribution in [-0.4, -0.2) is 18.1 Å². The molecule has 9 heavy (non-hydrogen) atoms. The van der Waals surface area contributed by atoms with Crippen LogP contribution in [0.2, 0.25) is 0 Å². The lowest BCUT2D eigenvalue weighted by Gasteiger charge is -1.81. The van der Waals surface area contributed by atoms with Gasteiger partial charge in [-0.15, -0.1) is 11.6 Å². The zero-order valence-corrected chi connectivity index (χ0v) is 5.76. The zero-order chi connectivity index (χ0) is 7.11. The molecule has 0 aromatic heterocycles. The highest BCUT2D eigenvalue weighted by Crippen LogP contribution is 1.81. The van der Waals surface area contributed by atoms with Crippen molar-refractivity contribution in [1.29, 1.82) is 5.26 Å². The Bertz CT molecular complexity index is 166. The SMILES string of the molecule is CC=NC(C#N)=NCCl. The molecular weight excluding hydrogens is 138 g/mol. The molecule has 0 radical (unpaired) electrons. The first kappa shape index (κ1) is 8.12. The van der Waals surface area contributed by atoms with Gasteiger partial charge in [-0.25, -0.2) is 9.98 Å². The van der Waals surface area contributed by atoms with Gasteiger partial charge < -0.3 is 0 Å². The number of nitrogens with zero attached hydrogens (tertiary/aromatic N) is 3. The minimum absolute atomic E-state index is 0.0836. The summed E-state index contributed by atoms with van der Waals surface area (Å²) >= 11 is 5.20. The van der Waals surface area contributed by atoms with Crippen molar-refractivity contribution >= 4 is 23.7 Å². The lowest BCUT2D eigenvalue weighted by molar-refractivity contribution is 1.34. The molecule has 0 aliphatic rings. The van der Waals surface area contributed by atoms with Crippen LogP contribution in [0.5, 0.6) is 0 Å². The molecule has 0 unspecified atom stereocenters. The molecule has 0 saturated heterocycles. The van der Waals surface area contributed by atoms with Crippen molar-refractivity contribution in [2.75, 3.05) is 6.00 Å². The van der Waals surface area contributed by atoms with E-state index in [4.69, 9.17) is 16.9 Å². The van der Waals surface area contributed by atoms with Crippen molar-refractivity contribution < 1.29 is 0 Å². The Morgan fingerprint density at radius 1 is 1.89 bits per heavy atom. The van der Waals surface area contributed by atoms with Gasteiger partial charge in [0.1, 0.15) is 12.1 Å². The van der Waals surface area contributed by atoms with Crippen molar-refractivity contribution in [3.8, 4) is 6.07 Å². The number of hydrogen-bond donors (Lipinski definition) is 0. The van der Waals surface area contributed by atoms with Gasteiger partial charge in [-0.3, -0.25) is 0 Å². The summed E-state index contributed by atoms with van der Waals surface area (Å²) in [6.45, 7) is 1.71. The van der Waals surface area contributed by atoms with Crippen molar-refractivity contribution in [3.63, 3.8) is 0 Å². The highest BCUT2D eigenvalue weighted by atomic mass is 35.5. The molecule has 0 aromatic rings. The molecule has 0 spiro atoms. The third-order valence-electron chi connectivity index (χ3n) is 0.561. The quantitative estimate of drug-likeness (QED) is 0.236.